The van der Waals surface area contributed by atoms with Gasteiger partial charge >= 0.3 is 0 Å². The Kier molecular flexibility index (Phi) is 1.68. The summed E-state index contributed by atoms with van der Waals surface area (Å²) in [5, 5.41) is 0. The molecule has 3 aromatic heterocycles. The minimum absolute atomic E-state index is 0. The molecule has 3 rings (SSSR count). The normalized spacial score (nSPS) is 11.9. The molecular weight excluding hydrogens is 206 g/mol. The van der Waals surface area contributed by atoms with E-state index in [2.05, 4.69) is 15.0 Å². The maximum atomic E-state index is 12.0. The first kappa shape index (κ1) is 9.14. The van der Waals surface area contributed by atoms with Crippen LogP contribution in [0.25, 0.3) is 16.9 Å². The second kappa shape index (κ2) is 2.94. The molecular formula is C10H13N5O. The van der Waals surface area contributed by atoms with Gasteiger partial charge in [0.1, 0.15) is 5.65 Å². The molecule has 0 aliphatic carbocycles. The lowest BCUT2D eigenvalue weighted by Gasteiger charge is -2.07. The summed E-state index contributed by atoms with van der Waals surface area (Å²) in [6.07, 6.45) is 4.89. The zero-order valence-electron chi connectivity index (χ0n) is 9.01. The van der Waals surface area contributed by atoms with Gasteiger partial charge in [0.15, 0.2) is 5.52 Å². The van der Waals surface area contributed by atoms with Gasteiger partial charge in [-0.05, 0) is 13.8 Å². The molecule has 16 heavy (non-hydrogen) atoms. The number of rotatable bonds is 1. The van der Waals surface area contributed by atoms with Gasteiger partial charge in [-0.25, -0.2) is 14.4 Å². The Morgan fingerprint density at radius 1 is 1.44 bits per heavy atom. The zero-order valence-corrected chi connectivity index (χ0v) is 9.01. The van der Waals surface area contributed by atoms with Crippen LogP contribution in [0.2, 0.25) is 0 Å². The molecule has 0 spiro atoms. The third-order valence-electron chi connectivity index (χ3n) is 2.64. The fourth-order valence-electron chi connectivity index (χ4n) is 1.81. The third-order valence-corrected chi connectivity index (χ3v) is 2.64. The van der Waals surface area contributed by atoms with Gasteiger partial charge in [0.05, 0.1) is 6.33 Å². The number of nitrogens with zero attached hydrogens (tertiary/aromatic N) is 4. The van der Waals surface area contributed by atoms with Gasteiger partial charge < -0.3 is 9.55 Å². The maximum Gasteiger partial charge on any atom is 0.287 e. The topological polar surface area (TPSA) is 68.0 Å². The standard InChI is InChI=1S/C10H11N5O.H2/c1-6(2)15-5-12-7-8(15)13-10-11-3-4-14(10)9(7)16;/h3-6H,1-2H3,(H,11,13);1H. The van der Waals surface area contributed by atoms with Crippen molar-refractivity contribution >= 4 is 16.9 Å². The molecule has 0 unspecified atom stereocenters. The molecule has 0 atom stereocenters. The van der Waals surface area contributed by atoms with Crippen LogP contribution in [0.5, 0.6) is 0 Å². The molecule has 0 saturated heterocycles. The van der Waals surface area contributed by atoms with E-state index in [1.165, 1.54) is 4.40 Å². The van der Waals surface area contributed by atoms with Gasteiger partial charge in [-0.2, -0.15) is 0 Å². The highest BCUT2D eigenvalue weighted by molar-refractivity contribution is 5.71. The van der Waals surface area contributed by atoms with Gasteiger partial charge in [-0.3, -0.25) is 4.79 Å². The van der Waals surface area contributed by atoms with Crippen molar-refractivity contribution < 1.29 is 1.43 Å². The number of imidazole rings is 2. The Morgan fingerprint density at radius 2 is 2.25 bits per heavy atom. The molecule has 1 N–H and O–H groups in total. The van der Waals surface area contributed by atoms with E-state index in [1.807, 2.05) is 18.4 Å². The highest BCUT2D eigenvalue weighted by Crippen LogP contribution is 2.12. The molecule has 3 aromatic rings. The maximum absolute atomic E-state index is 12.0. The number of hydrogen-bond donors (Lipinski definition) is 1. The summed E-state index contributed by atoms with van der Waals surface area (Å²) in [7, 11) is 0. The van der Waals surface area contributed by atoms with Crippen molar-refractivity contribution in [1.29, 1.82) is 0 Å². The Balaban J connectivity index is 0.00000108. The van der Waals surface area contributed by atoms with E-state index in [4.69, 9.17) is 0 Å². The summed E-state index contributed by atoms with van der Waals surface area (Å²) in [5.74, 6) is 0.542. The Morgan fingerprint density at radius 3 is 3.00 bits per heavy atom. The quantitative estimate of drug-likeness (QED) is 0.668. The first-order valence-electron chi connectivity index (χ1n) is 5.10. The van der Waals surface area contributed by atoms with Crippen LogP contribution in [0.1, 0.15) is 21.3 Å². The lowest BCUT2D eigenvalue weighted by atomic mass is 10.4. The molecule has 0 bridgehead atoms. The molecule has 3 heterocycles. The third kappa shape index (κ3) is 1.04. The molecule has 84 valence electrons. The summed E-state index contributed by atoms with van der Waals surface area (Å²) in [6.45, 7) is 4.07. The van der Waals surface area contributed by atoms with E-state index in [0.717, 1.165) is 5.65 Å². The first-order chi connectivity index (χ1) is 7.68. The number of aromatic nitrogens is 5. The second-order valence-corrected chi connectivity index (χ2v) is 3.99. The van der Waals surface area contributed by atoms with E-state index in [0.29, 0.717) is 11.3 Å². The van der Waals surface area contributed by atoms with Crippen molar-refractivity contribution in [2.24, 2.45) is 0 Å². The SMILES string of the molecule is CC(C)n1cnc2c(=O)n3ccnc3[nH]c21.[HH]. The Bertz CT molecular complexity index is 723. The number of hydrogen-bond acceptors (Lipinski definition) is 3. The van der Waals surface area contributed by atoms with Gasteiger partial charge in [-0.1, -0.05) is 0 Å². The average molecular weight is 219 g/mol. The summed E-state index contributed by atoms with van der Waals surface area (Å²) in [6, 6.07) is 0.248. The van der Waals surface area contributed by atoms with Crippen molar-refractivity contribution in [2.45, 2.75) is 19.9 Å². The molecule has 6 heteroatoms. The van der Waals surface area contributed by atoms with Gasteiger partial charge in [0, 0.05) is 19.9 Å². The molecule has 0 amide bonds. The number of fused-ring (bicyclic) bond motifs is 2. The summed E-state index contributed by atoms with van der Waals surface area (Å²) < 4.78 is 3.38. The number of aromatic amines is 1. The Hall–Kier alpha value is -2.11. The fraction of sp³-hybridized carbons (Fsp3) is 0.300. The Labute approximate surface area is 92.1 Å². The van der Waals surface area contributed by atoms with Crippen molar-refractivity contribution in [3.8, 4) is 0 Å². The van der Waals surface area contributed by atoms with Crippen LogP contribution in [0.4, 0.5) is 0 Å². The number of H-pyrrole nitrogens is 1. The van der Waals surface area contributed by atoms with Gasteiger partial charge in [-0.15, -0.1) is 0 Å². The largest absolute Gasteiger partial charge is 0.314 e. The van der Waals surface area contributed by atoms with Crippen molar-refractivity contribution in [1.82, 2.24) is 23.9 Å². The summed E-state index contributed by atoms with van der Waals surface area (Å²) >= 11 is 0. The van der Waals surface area contributed by atoms with E-state index >= 15 is 0 Å². The van der Waals surface area contributed by atoms with Crippen LogP contribution in [0, 0.1) is 0 Å². The van der Waals surface area contributed by atoms with Gasteiger partial charge in [0.25, 0.3) is 5.56 Å². The summed E-state index contributed by atoms with van der Waals surface area (Å²) in [4.78, 5) is 23.3. The number of nitrogens with one attached hydrogen (secondary N) is 1. The van der Waals surface area contributed by atoms with Crippen LogP contribution in [-0.4, -0.2) is 23.9 Å². The zero-order chi connectivity index (χ0) is 11.3. The second-order valence-electron chi connectivity index (χ2n) is 3.99. The van der Waals surface area contributed by atoms with Crippen molar-refractivity contribution in [3.63, 3.8) is 0 Å². The highest BCUT2D eigenvalue weighted by Gasteiger charge is 2.12. The van der Waals surface area contributed by atoms with Crippen LogP contribution in [0.3, 0.4) is 0 Å². The fourth-order valence-corrected chi connectivity index (χ4v) is 1.81. The summed E-state index contributed by atoms with van der Waals surface area (Å²) in [5.41, 5.74) is 1.03. The molecule has 0 fully saturated rings. The predicted molar refractivity (Wildman–Crippen MR) is 61.6 cm³/mol. The van der Waals surface area contributed by atoms with E-state index in [9.17, 15) is 4.79 Å². The molecule has 0 aromatic carbocycles. The van der Waals surface area contributed by atoms with Crippen LogP contribution >= 0.6 is 0 Å². The van der Waals surface area contributed by atoms with Crippen LogP contribution in [0.15, 0.2) is 23.5 Å². The van der Waals surface area contributed by atoms with E-state index in [1.54, 1.807) is 18.7 Å². The lowest BCUT2D eigenvalue weighted by molar-refractivity contribution is 0.613. The predicted octanol–water partition coefficient (Wildman–Crippen LogP) is 1.20. The minimum atomic E-state index is -0.138. The molecule has 0 radical (unpaired) electrons. The molecule has 0 saturated carbocycles. The monoisotopic (exact) mass is 219 g/mol. The molecule has 0 aliphatic rings. The van der Waals surface area contributed by atoms with E-state index < -0.39 is 0 Å². The smallest absolute Gasteiger partial charge is 0.287 e. The van der Waals surface area contributed by atoms with Gasteiger partial charge in [0.2, 0.25) is 5.78 Å². The average Bonchev–Trinajstić information content (AvgIpc) is 2.83. The minimum Gasteiger partial charge on any atom is -0.314 e. The molecule has 0 aliphatic heterocycles. The van der Waals surface area contributed by atoms with Crippen molar-refractivity contribution in [2.75, 3.05) is 0 Å². The van der Waals surface area contributed by atoms with E-state index in [-0.39, 0.29) is 13.0 Å². The van der Waals surface area contributed by atoms with Crippen LogP contribution in [-0.2, 0) is 0 Å². The van der Waals surface area contributed by atoms with Crippen molar-refractivity contribution in [3.05, 3.63) is 29.1 Å². The van der Waals surface area contributed by atoms with Crippen LogP contribution < -0.4 is 5.56 Å². The lowest BCUT2D eigenvalue weighted by Crippen LogP contribution is -2.14. The first-order valence-corrected chi connectivity index (χ1v) is 5.10. The highest BCUT2D eigenvalue weighted by atomic mass is 16.1. The molecule has 6 nitrogen and oxygen atoms in total.